The van der Waals surface area contributed by atoms with Gasteiger partial charge in [-0.3, -0.25) is 0 Å². The van der Waals surface area contributed by atoms with Crippen molar-refractivity contribution >= 4 is 0 Å². The third kappa shape index (κ3) is 2.81. The summed E-state index contributed by atoms with van der Waals surface area (Å²) in [5, 5.41) is 8.23. The number of nitriles is 1. The lowest BCUT2D eigenvalue weighted by Crippen LogP contribution is -1.78. The van der Waals surface area contributed by atoms with Crippen LogP contribution in [0.2, 0.25) is 0 Å². The molecule has 58 valence electrons. The molecule has 11 heavy (non-hydrogen) atoms. The van der Waals surface area contributed by atoms with Crippen molar-refractivity contribution in [2.45, 2.75) is 13.8 Å². The molecule has 0 unspecified atom stereocenters. The summed E-state index contributed by atoms with van der Waals surface area (Å²) in [6.45, 7) is 4.00. The van der Waals surface area contributed by atoms with E-state index in [1.54, 1.807) is 18.2 Å². The molecule has 0 N–H and O–H groups in total. The van der Waals surface area contributed by atoms with Gasteiger partial charge in [-0.1, -0.05) is 26.0 Å². The fourth-order valence-electron chi connectivity index (χ4n) is 0.552. The summed E-state index contributed by atoms with van der Waals surface area (Å²) in [7, 11) is 0. The molecule has 2 heteroatoms. The zero-order valence-electron chi connectivity index (χ0n) is 6.63. The van der Waals surface area contributed by atoms with Gasteiger partial charge in [0.2, 0.25) is 0 Å². The number of rotatable bonds is 0. The number of benzene rings is 1. The smallest absolute Gasteiger partial charge is 0.140 e. The van der Waals surface area contributed by atoms with Crippen LogP contribution in [0.4, 0.5) is 4.39 Å². The first-order valence-electron chi connectivity index (χ1n) is 3.49. The molecule has 0 aliphatic carbocycles. The maximum absolute atomic E-state index is 12.4. The Morgan fingerprint density at radius 2 is 1.82 bits per heavy atom. The van der Waals surface area contributed by atoms with Crippen LogP contribution in [0.15, 0.2) is 24.3 Å². The number of hydrogen-bond donors (Lipinski definition) is 0. The highest BCUT2D eigenvalue weighted by molar-refractivity contribution is 5.29. The Bertz CT molecular complexity index is 250. The lowest BCUT2D eigenvalue weighted by Gasteiger charge is -1.86. The number of halogens is 1. The molecule has 1 rings (SSSR count). The predicted octanol–water partition coefficient (Wildman–Crippen LogP) is 2.72. The zero-order chi connectivity index (χ0) is 8.69. The molecule has 0 radical (unpaired) electrons. The second-order valence-electron chi connectivity index (χ2n) is 1.59. The minimum Gasteiger partial charge on any atom is -0.206 e. The van der Waals surface area contributed by atoms with E-state index < -0.39 is 5.82 Å². The molecule has 0 bridgehead atoms. The topological polar surface area (TPSA) is 23.8 Å². The van der Waals surface area contributed by atoms with Crippen LogP contribution in [-0.2, 0) is 0 Å². The summed E-state index contributed by atoms with van der Waals surface area (Å²) < 4.78 is 12.4. The van der Waals surface area contributed by atoms with Gasteiger partial charge in [-0.05, 0) is 12.1 Å². The van der Waals surface area contributed by atoms with Crippen LogP contribution in [0.3, 0.4) is 0 Å². The quantitative estimate of drug-likeness (QED) is 0.559. The number of hydrogen-bond acceptors (Lipinski definition) is 1. The predicted molar refractivity (Wildman–Crippen MR) is 42.5 cm³/mol. The Kier molecular flexibility index (Phi) is 4.76. The Hall–Kier alpha value is -1.36. The molecule has 0 atom stereocenters. The SMILES string of the molecule is CC.N#Cc1ccccc1F. The molecule has 0 aromatic heterocycles. The molecule has 0 heterocycles. The first-order chi connectivity index (χ1) is 5.34. The monoisotopic (exact) mass is 151 g/mol. The van der Waals surface area contributed by atoms with Crippen LogP contribution < -0.4 is 0 Å². The van der Waals surface area contributed by atoms with Crippen molar-refractivity contribution in [3.8, 4) is 6.07 Å². The fourth-order valence-corrected chi connectivity index (χ4v) is 0.552. The van der Waals surface area contributed by atoms with Crippen LogP contribution in [0.5, 0.6) is 0 Å². The number of nitrogens with zero attached hydrogens (tertiary/aromatic N) is 1. The molecule has 0 spiro atoms. The lowest BCUT2D eigenvalue weighted by atomic mass is 10.2. The average molecular weight is 151 g/mol. The van der Waals surface area contributed by atoms with E-state index in [0.717, 1.165) is 0 Å². The Morgan fingerprint density at radius 3 is 2.18 bits per heavy atom. The van der Waals surface area contributed by atoms with Crippen LogP contribution in [0.25, 0.3) is 0 Å². The van der Waals surface area contributed by atoms with Crippen LogP contribution in [-0.4, -0.2) is 0 Å². The van der Waals surface area contributed by atoms with Crippen molar-refractivity contribution in [2.24, 2.45) is 0 Å². The average Bonchev–Trinajstić information content (AvgIpc) is 2.09. The minimum atomic E-state index is -0.458. The Morgan fingerprint density at radius 1 is 1.27 bits per heavy atom. The molecule has 0 aliphatic heterocycles. The standard InChI is InChI=1S/C7H4FN.C2H6/c8-7-4-2-1-3-6(7)5-9;1-2/h1-4H;1-2H3. The van der Waals surface area contributed by atoms with Crippen molar-refractivity contribution in [1.82, 2.24) is 0 Å². The van der Waals surface area contributed by atoms with Gasteiger partial charge in [-0.25, -0.2) is 4.39 Å². The first kappa shape index (κ1) is 9.64. The van der Waals surface area contributed by atoms with E-state index in [2.05, 4.69) is 0 Å². The fraction of sp³-hybridized carbons (Fsp3) is 0.222. The second kappa shape index (κ2) is 5.43. The minimum absolute atomic E-state index is 0.0949. The first-order valence-corrected chi connectivity index (χ1v) is 3.49. The summed E-state index contributed by atoms with van der Waals surface area (Å²) in [4.78, 5) is 0. The largest absolute Gasteiger partial charge is 0.206 e. The van der Waals surface area contributed by atoms with E-state index in [-0.39, 0.29) is 5.56 Å². The highest BCUT2D eigenvalue weighted by Crippen LogP contribution is 2.02. The molecular formula is C9H10FN. The van der Waals surface area contributed by atoms with Gasteiger partial charge in [-0.2, -0.15) is 5.26 Å². The molecule has 1 aromatic rings. The van der Waals surface area contributed by atoms with Crippen molar-refractivity contribution < 1.29 is 4.39 Å². The van der Waals surface area contributed by atoms with Gasteiger partial charge >= 0.3 is 0 Å². The normalized spacial score (nSPS) is 7.45. The molecule has 0 fully saturated rings. The summed E-state index contributed by atoms with van der Waals surface area (Å²) in [5.41, 5.74) is 0.0949. The van der Waals surface area contributed by atoms with Gasteiger partial charge in [-0.15, -0.1) is 0 Å². The van der Waals surface area contributed by atoms with Crippen LogP contribution in [0, 0.1) is 17.1 Å². The molecule has 0 aliphatic rings. The summed E-state index contributed by atoms with van der Waals surface area (Å²) in [5.74, 6) is -0.458. The van der Waals surface area contributed by atoms with E-state index in [0.29, 0.717) is 0 Å². The third-order valence-corrected chi connectivity index (χ3v) is 0.994. The van der Waals surface area contributed by atoms with Gasteiger partial charge in [0.25, 0.3) is 0 Å². The van der Waals surface area contributed by atoms with E-state index in [4.69, 9.17) is 5.26 Å². The van der Waals surface area contributed by atoms with Gasteiger partial charge < -0.3 is 0 Å². The molecule has 1 aromatic carbocycles. The molecule has 1 nitrogen and oxygen atoms in total. The summed E-state index contributed by atoms with van der Waals surface area (Å²) in [6.07, 6.45) is 0. The van der Waals surface area contributed by atoms with Crippen molar-refractivity contribution in [2.75, 3.05) is 0 Å². The molecule has 0 saturated heterocycles. The summed E-state index contributed by atoms with van der Waals surface area (Å²) >= 11 is 0. The van der Waals surface area contributed by atoms with E-state index in [1.165, 1.54) is 12.1 Å². The molecule has 0 saturated carbocycles. The summed E-state index contributed by atoms with van der Waals surface area (Å²) in [6, 6.07) is 7.60. The van der Waals surface area contributed by atoms with Crippen molar-refractivity contribution in [3.63, 3.8) is 0 Å². The second-order valence-corrected chi connectivity index (χ2v) is 1.59. The van der Waals surface area contributed by atoms with Crippen LogP contribution >= 0.6 is 0 Å². The van der Waals surface area contributed by atoms with Gasteiger partial charge in [0.15, 0.2) is 0 Å². The van der Waals surface area contributed by atoms with E-state index in [9.17, 15) is 4.39 Å². The Labute approximate surface area is 66.1 Å². The highest BCUT2D eigenvalue weighted by Gasteiger charge is 1.94. The van der Waals surface area contributed by atoms with Gasteiger partial charge in [0.05, 0.1) is 5.56 Å². The Balaban J connectivity index is 0.000000461. The van der Waals surface area contributed by atoms with Crippen molar-refractivity contribution in [1.29, 1.82) is 5.26 Å². The van der Waals surface area contributed by atoms with Gasteiger partial charge in [0, 0.05) is 0 Å². The zero-order valence-corrected chi connectivity index (χ0v) is 6.63. The maximum atomic E-state index is 12.4. The van der Waals surface area contributed by atoms with E-state index >= 15 is 0 Å². The lowest BCUT2D eigenvalue weighted by molar-refractivity contribution is 0.624. The van der Waals surface area contributed by atoms with Gasteiger partial charge in [0.1, 0.15) is 11.9 Å². The molecular weight excluding hydrogens is 141 g/mol. The highest BCUT2D eigenvalue weighted by atomic mass is 19.1. The molecule has 0 amide bonds. The van der Waals surface area contributed by atoms with Crippen LogP contribution in [0.1, 0.15) is 19.4 Å². The third-order valence-electron chi connectivity index (χ3n) is 0.994. The maximum Gasteiger partial charge on any atom is 0.140 e. The van der Waals surface area contributed by atoms with Crippen molar-refractivity contribution in [3.05, 3.63) is 35.6 Å². The van der Waals surface area contributed by atoms with E-state index in [1.807, 2.05) is 13.8 Å².